The van der Waals surface area contributed by atoms with Gasteiger partial charge in [0.2, 0.25) is 0 Å². The topological polar surface area (TPSA) is 67.7 Å². The van der Waals surface area contributed by atoms with Crippen LogP contribution in [-0.4, -0.2) is 58.6 Å². The van der Waals surface area contributed by atoms with Crippen molar-refractivity contribution >= 4 is 11.8 Å². The third kappa shape index (κ3) is 3.40. The fraction of sp³-hybridized carbons (Fsp3) is 0.353. The van der Waals surface area contributed by atoms with Crippen LogP contribution in [-0.2, 0) is 17.9 Å². The molecule has 1 aromatic heterocycles. The van der Waals surface area contributed by atoms with Crippen LogP contribution in [0.3, 0.4) is 0 Å². The predicted octanol–water partition coefficient (Wildman–Crippen LogP) is 1.01. The molecule has 3 rings (SSSR count). The van der Waals surface area contributed by atoms with E-state index in [1.807, 2.05) is 30.3 Å². The van der Waals surface area contributed by atoms with E-state index in [1.54, 1.807) is 29.7 Å². The molecule has 2 aromatic rings. The number of rotatable bonds is 4. The maximum atomic E-state index is 12.3. The molecule has 7 nitrogen and oxygen atoms in total. The Balaban J connectivity index is 1.62. The summed E-state index contributed by atoms with van der Waals surface area (Å²) in [4.78, 5) is 27.5. The van der Waals surface area contributed by atoms with Crippen molar-refractivity contribution in [1.29, 1.82) is 0 Å². The van der Waals surface area contributed by atoms with Gasteiger partial charge in [-0.25, -0.2) is 0 Å². The van der Waals surface area contributed by atoms with Crippen LogP contribution in [0.25, 0.3) is 0 Å². The van der Waals surface area contributed by atoms with Crippen molar-refractivity contribution < 1.29 is 14.3 Å². The van der Waals surface area contributed by atoms with E-state index in [9.17, 15) is 9.59 Å². The number of carbonyl (C=O) groups excluding carboxylic acids is 2. The summed E-state index contributed by atoms with van der Waals surface area (Å²) in [7, 11) is 3.38. The summed E-state index contributed by atoms with van der Waals surface area (Å²) < 4.78 is 7.30. The Morgan fingerprint density at radius 3 is 2.67 bits per heavy atom. The molecule has 126 valence electrons. The lowest BCUT2D eigenvalue weighted by Gasteiger charge is -2.27. The second-order valence-electron chi connectivity index (χ2n) is 5.86. The van der Waals surface area contributed by atoms with Crippen LogP contribution in [0, 0.1) is 0 Å². The van der Waals surface area contributed by atoms with Gasteiger partial charge in [-0.05, 0) is 18.2 Å². The number of ether oxygens (including phenoxy) is 1. The third-order valence-electron chi connectivity index (χ3n) is 3.88. The molecular formula is C17H20N4O3. The molecule has 1 aliphatic heterocycles. The van der Waals surface area contributed by atoms with Crippen LogP contribution in [0.5, 0.6) is 5.75 Å². The van der Waals surface area contributed by atoms with Crippen LogP contribution in [0.4, 0.5) is 0 Å². The number of aromatic nitrogens is 2. The molecule has 0 radical (unpaired) electrons. The first kappa shape index (κ1) is 16.0. The normalized spacial score (nSPS) is 13.3. The number of hydrogen-bond donors (Lipinski definition) is 0. The maximum absolute atomic E-state index is 12.3. The van der Waals surface area contributed by atoms with Gasteiger partial charge in [0.15, 0.2) is 12.3 Å². The van der Waals surface area contributed by atoms with E-state index in [-0.39, 0.29) is 18.4 Å². The predicted molar refractivity (Wildman–Crippen MR) is 87.6 cm³/mol. The van der Waals surface area contributed by atoms with Crippen molar-refractivity contribution in [1.82, 2.24) is 19.6 Å². The van der Waals surface area contributed by atoms with Crippen molar-refractivity contribution in [3.63, 3.8) is 0 Å². The Hall–Kier alpha value is -2.83. The molecule has 0 saturated heterocycles. The van der Waals surface area contributed by atoms with E-state index in [0.717, 1.165) is 5.69 Å². The molecule has 2 heterocycles. The fourth-order valence-electron chi connectivity index (χ4n) is 2.57. The van der Waals surface area contributed by atoms with Crippen molar-refractivity contribution in [2.75, 3.05) is 27.2 Å². The van der Waals surface area contributed by atoms with Gasteiger partial charge >= 0.3 is 0 Å². The van der Waals surface area contributed by atoms with Gasteiger partial charge in [0.25, 0.3) is 11.8 Å². The molecule has 2 amide bonds. The van der Waals surface area contributed by atoms with E-state index in [2.05, 4.69) is 5.10 Å². The van der Waals surface area contributed by atoms with E-state index < -0.39 is 0 Å². The number of para-hydroxylation sites is 1. The Bertz CT molecular complexity index is 740. The molecule has 1 aliphatic rings. The molecule has 0 spiro atoms. The van der Waals surface area contributed by atoms with Gasteiger partial charge < -0.3 is 14.5 Å². The molecule has 0 bridgehead atoms. The molecule has 0 saturated carbocycles. The van der Waals surface area contributed by atoms with Gasteiger partial charge in [-0.1, -0.05) is 18.2 Å². The Morgan fingerprint density at radius 2 is 1.96 bits per heavy atom. The van der Waals surface area contributed by atoms with E-state index in [1.165, 1.54) is 4.90 Å². The van der Waals surface area contributed by atoms with E-state index in [4.69, 9.17) is 4.74 Å². The zero-order valence-corrected chi connectivity index (χ0v) is 13.8. The highest BCUT2D eigenvalue weighted by Crippen LogP contribution is 2.15. The smallest absolute Gasteiger partial charge is 0.273 e. The van der Waals surface area contributed by atoms with Crippen LogP contribution in [0.15, 0.2) is 36.4 Å². The summed E-state index contributed by atoms with van der Waals surface area (Å²) in [5.41, 5.74) is 1.27. The molecule has 0 unspecified atom stereocenters. The first-order valence-corrected chi connectivity index (χ1v) is 7.78. The largest absolute Gasteiger partial charge is 0.484 e. The summed E-state index contributed by atoms with van der Waals surface area (Å²) in [6.07, 6.45) is 0. The van der Waals surface area contributed by atoms with Crippen molar-refractivity contribution in [2.24, 2.45) is 0 Å². The zero-order valence-electron chi connectivity index (χ0n) is 13.8. The van der Waals surface area contributed by atoms with Crippen molar-refractivity contribution in [3.05, 3.63) is 47.8 Å². The first-order chi connectivity index (χ1) is 11.5. The molecule has 0 N–H and O–H groups in total. The fourth-order valence-corrected chi connectivity index (χ4v) is 2.57. The standard InChI is InChI=1S/C17H20N4O3/c1-19(2)17(23)15-10-13-11-20(8-9-21(13)18-15)16(22)12-24-14-6-4-3-5-7-14/h3-7,10H,8-9,11-12H2,1-2H3. The zero-order chi connectivity index (χ0) is 17.1. The van der Waals surface area contributed by atoms with E-state index >= 15 is 0 Å². The number of hydrogen-bond acceptors (Lipinski definition) is 4. The number of nitrogens with zero attached hydrogens (tertiary/aromatic N) is 4. The van der Waals surface area contributed by atoms with Gasteiger partial charge in [0, 0.05) is 20.6 Å². The summed E-state index contributed by atoms with van der Waals surface area (Å²) in [5.74, 6) is 0.459. The lowest BCUT2D eigenvalue weighted by atomic mass is 10.2. The Labute approximate surface area is 140 Å². The Morgan fingerprint density at radius 1 is 1.21 bits per heavy atom. The van der Waals surface area contributed by atoms with Gasteiger partial charge in [0.1, 0.15) is 5.75 Å². The molecule has 0 atom stereocenters. The van der Waals surface area contributed by atoms with Crippen molar-refractivity contribution in [2.45, 2.75) is 13.1 Å². The minimum absolute atomic E-state index is 0.00162. The van der Waals surface area contributed by atoms with Gasteiger partial charge in [-0.15, -0.1) is 0 Å². The van der Waals surface area contributed by atoms with Gasteiger partial charge in [-0.2, -0.15) is 5.10 Å². The number of amides is 2. The molecule has 24 heavy (non-hydrogen) atoms. The quantitative estimate of drug-likeness (QED) is 0.840. The minimum atomic E-state index is -0.137. The second kappa shape index (κ2) is 6.74. The lowest BCUT2D eigenvalue weighted by molar-refractivity contribution is -0.134. The van der Waals surface area contributed by atoms with Crippen LogP contribution in [0.1, 0.15) is 16.2 Å². The average Bonchev–Trinajstić information content (AvgIpc) is 3.02. The van der Waals surface area contributed by atoms with Crippen molar-refractivity contribution in [3.8, 4) is 5.75 Å². The monoisotopic (exact) mass is 328 g/mol. The second-order valence-corrected chi connectivity index (χ2v) is 5.86. The highest BCUT2D eigenvalue weighted by molar-refractivity contribution is 5.92. The average molecular weight is 328 g/mol. The highest BCUT2D eigenvalue weighted by Gasteiger charge is 2.24. The molecule has 7 heteroatoms. The number of carbonyl (C=O) groups is 2. The molecule has 0 fully saturated rings. The number of fused-ring (bicyclic) bond motifs is 1. The third-order valence-corrected chi connectivity index (χ3v) is 3.88. The van der Waals surface area contributed by atoms with Gasteiger partial charge in [-0.3, -0.25) is 14.3 Å². The summed E-state index contributed by atoms with van der Waals surface area (Å²) in [6.45, 7) is 1.57. The Kier molecular flexibility index (Phi) is 4.50. The highest BCUT2D eigenvalue weighted by atomic mass is 16.5. The van der Waals surface area contributed by atoms with Crippen LogP contribution >= 0.6 is 0 Å². The summed E-state index contributed by atoms with van der Waals surface area (Å²) >= 11 is 0. The lowest BCUT2D eigenvalue weighted by Crippen LogP contribution is -2.40. The first-order valence-electron chi connectivity index (χ1n) is 7.78. The van der Waals surface area contributed by atoms with Gasteiger partial charge in [0.05, 0.1) is 18.8 Å². The minimum Gasteiger partial charge on any atom is -0.484 e. The molecular weight excluding hydrogens is 308 g/mol. The summed E-state index contributed by atoms with van der Waals surface area (Å²) in [6, 6.07) is 11.0. The van der Waals surface area contributed by atoms with E-state index in [0.29, 0.717) is 31.1 Å². The molecule has 0 aliphatic carbocycles. The summed E-state index contributed by atoms with van der Waals surface area (Å²) in [5, 5.41) is 4.32. The van der Waals surface area contributed by atoms with Crippen LogP contribution < -0.4 is 4.74 Å². The number of benzene rings is 1. The van der Waals surface area contributed by atoms with Crippen LogP contribution in [0.2, 0.25) is 0 Å². The SMILES string of the molecule is CN(C)C(=O)c1cc2n(n1)CCN(C(=O)COc1ccccc1)C2. The molecule has 1 aromatic carbocycles. The maximum Gasteiger partial charge on any atom is 0.273 e.